The molecule has 0 aromatic carbocycles. The van der Waals surface area contributed by atoms with Crippen LogP contribution in [-0.2, 0) is 9.53 Å². The molecule has 18 heavy (non-hydrogen) atoms. The molecular formula is C13H25N3O2. The molecule has 1 amide bonds. The molecule has 1 aliphatic heterocycles. The molecular weight excluding hydrogens is 230 g/mol. The lowest BCUT2D eigenvalue weighted by Gasteiger charge is -2.31. The molecule has 2 aliphatic rings. The summed E-state index contributed by atoms with van der Waals surface area (Å²) in [5.41, 5.74) is 10.6. The number of likely N-dealkylation sites (N-methyl/N-ethyl adjacent to an activating group) is 1. The van der Waals surface area contributed by atoms with E-state index in [1.807, 2.05) is 0 Å². The Balaban J connectivity index is 1.83. The Labute approximate surface area is 109 Å². The van der Waals surface area contributed by atoms with Gasteiger partial charge in [0.05, 0.1) is 11.6 Å². The first kappa shape index (κ1) is 13.8. The Kier molecular flexibility index (Phi) is 4.25. The largest absolute Gasteiger partial charge is 0.377 e. The summed E-state index contributed by atoms with van der Waals surface area (Å²) in [7, 11) is 2.09. The van der Waals surface area contributed by atoms with Crippen LogP contribution in [0.4, 0.5) is 0 Å². The normalized spacial score (nSPS) is 37.1. The van der Waals surface area contributed by atoms with Gasteiger partial charge < -0.3 is 21.1 Å². The molecule has 0 radical (unpaired) electrons. The molecule has 1 aliphatic carbocycles. The molecule has 5 nitrogen and oxygen atoms in total. The van der Waals surface area contributed by atoms with Crippen LogP contribution in [0.3, 0.4) is 0 Å². The van der Waals surface area contributed by atoms with Crippen LogP contribution in [0.2, 0.25) is 0 Å². The molecule has 3 atom stereocenters. The zero-order chi connectivity index (χ0) is 13.2. The van der Waals surface area contributed by atoms with Gasteiger partial charge in [0.1, 0.15) is 0 Å². The Morgan fingerprint density at radius 3 is 2.78 bits per heavy atom. The molecule has 3 unspecified atom stereocenters. The van der Waals surface area contributed by atoms with E-state index in [1.54, 1.807) is 0 Å². The van der Waals surface area contributed by atoms with Gasteiger partial charge in [-0.2, -0.15) is 0 Å². The second-order valence-electron chi connectivity index (χ2n) is 5.85. The highest BCUT2D eigenvalue weighted by Crippen LogP contribution is 2.31. The summed E-state index contributed by atoms with van der Waals surface area (Å²) in [6, 6.07) is 0.355. The van der Waals surface area contributed by atoms with E-state index in [1.165, 1.54) is 12.8 Å². The molecule has 2 rings (SSSR count). The van der Waals surface area contributed by atoms with Crippen molar-refractivity contribution in [2.45, 2.75) is 56.2 Å². The monoisotopic (exact) mass is 255 g/mol. The van der Waals surface area contributed by atoms with Crippen molar-refractivity contribution in [2.75, 3.05) is 20.2 Å². The van der Waals surface area contributed by atoms with Crippen LogP contribution in [0.15, 0.2) is 0 Å². The second kappa shape index (κ2) is 5.55. The Morgan fingerprint density at radius 1 is 1.44 bits per heavy atom. The molecule has 0 aromatic rings. The third-order valence-corrected chi connectivity index (χ3v) is 4.40. The van der Waals surface area contributed by atoms with Crippen LogP contribution < -0.4 is 11.5 Å². The maximum atomic E-state index is 11.3. The average molecular weight is 255 g/mol. The minimum absolute atomic E-state index is 0.338. The molecule has 4 N–H and O–H groups in total. The van der Waals surface area contributed by atoms with E-state index in [9.17, 15) is 4.79 Å². The van der Waals surface area contributed by atoms with Crippen molar-refractivity contribution < 1.29 is 9.53 Å². The number of hydrogen-bond donors (Lipinski definition) is 2. The first-order valence-corrected chi connectivity index (χ1v) is 6.92. The van der Waals surface area contributed by atoms with E-state index in [0.717, 1.165) is 26.0 Å². The number of rotatable bonds is 4. The van der Waals surface area contributed by atoms with Crippen LogP contribution in [-0.4, -0.2) is 48.7 Å². The summed E-state index contributed by atoms with van der Waals surface area (Å²) in [6.45, 7) is 1.81. The maximum absolute atomic E-state index is 11.3. The molecule has 1 saturated heterocycles. The first-order valence-electron chi connectivity index (χ1n) is 6.92. The van der Waals surface area contributed by atoms with Crippen LogP contribution in [0.5, 0.6) is 0 Å². The highest BCUT2D eigenvalue weighted by atomic mass is 16.5. The third kappa shape index (κ3) is 3.02. The van der Waals surface area contributed by atoms with Gasteiger partial charge in [0.25, 0.3) is 0 Å². The van der Waals surface area contributed by atoms with Crippen molar-refractivity contribution in [3.05, 3.63) is 0 Å². The molecule has 2 fully saturated rings. The zero-order valence-corrected chi connectivity index (χ0v) is 11.2. The molecule has 0 aromatic heterocycles. The van der Waals surface area contributed by atoms with Gasteiger partial charge >= 0.3 is 0 Å². The van der Waals surface area contributed by atoms with E-state index in [-0.39, 0.29) is 5.91 Å². The topological polar surface area (TPSA) is 81.6 Å². The summed E-state index contributed by atoms with van der Waals surface area (Å²) in [5, 5.41) is 0. The minimum Gasteiger partial charge on any atom is -0.377 e. The van der Waals surface area contributed by atoms with Gasteiger partial charge in [0, 0.05) is 19.2 Å². The quantitative estimate of drug-likeness (QED) is 0.753. The van der Waals surface area contributed by atoms with Crippen LogP contribution in [0, 0.1) is 0 Å². The zero-order valence-electron chi connectivity index (χ0n) is 11.2. The van der Waals surface area contributed by atoms with Gasteiger partial charge in [-0.15, -0.1) is 0 Å². The Hall–Kier alpha value is -0.650. The highest BCUT2D eigenvalue weighted by molar-refractivity contribution is 5.84. The van der Waals surface area contributed by atoms with E-state index in [0.29, 0.717) is 25.0 Å². The fraction of sp³-hybridized carbons (Fsp3) is 0.923. The molecule has 1 heterocycles. The fourth-order valence-electron chi connectivity index (χ4n) is 3.07. The second-order valence-corrected chi connectivity index (χ2v) is 5.85. The van der Waals surface area contributed by atoms with Gasteiger partial charge in [-0.1, -0.05) is 0 Å². The summed E-state index contributed by atoms with van der Waals surface area (Å²) < 4.78 is 5.74. The standard InChI is InChI=1S/C13H25N3O2/c1-16(9-11-4-2-3-7-18-11)10-5-6-13(15,8-10)12(14)17/h10-11H,2-9,15H2,1H3,(H2,14,17). The van der Waals surface area contributed by atoms with Crippen LogP contribution >= 0.6 is 0 Å². The number of amides is 1. The summed E-state index contributed by atoms with van der Waals surface area (Å²) in [4.78, 5) is 13.6. The Bertz CT molecular complexity index is 305. The third-order valence-electron chi connectivity index (χ3n) is 4.40. The van der Waals surface area contributed by atoms with E-state index in [2.05, 4.69) is 11.9 Å². The molecule has 104 valence electrons. The number of carbonyl (C=O) groups is 1. The van der Waals surface area contributed by atoms with Gasteiger partial charge in [-0.3, -0.25) is 4.79 Å². The molecule has 1 saturated carbocycles. The van der Waals surface area contributed by atoms with Crippen molar-refractivity contribution in [2.24, 2.45) is 11.5 Å². The number of primary amides is 1. The lowest BCUT2D eigenvalue weighted by Crippen LogP contribution is -2.51. The van der Waals surface area contributed by atoms with Crippen LogP contribution in [0.25, 0.3) is 0 Å². The number of ether oxygens (including phenoxy) is 1. The van der Waals surface area contributed by atoms with Crippen molar-refractivity contribution in [1.82, 2.24) is 4.90 Å². The Morgan fingerprint density at radius 2 is 2.22 bits per heavy atom. The number of hydrogen-bond acceptors (Lipinski definition) is 4. The molecule has 0 bridgehead atoms. The van der Waals surface area contributed by atoms with E-state index in [4.69, 9.17) is 16.2 Å². The molecule has 0 spiro atoms. The summed E-state index contributed by atoms with van der Waals surface area (Å²) in [6.07, 6.45) is 6.23. The van der Waals surface area contributed by atoms with Crippen molar-refractivity contribution >= 4 is 5.91 Å². The lowest BCUT2D eigenvalue weighted by atomic mass is 9.98. The fourth-order valence-corrected chi connectivity index (χ4v) is 3.07. The van der Waals surface area contributed by atoms with Gasteiger partial charge in [-0.25, -0.2) is 0 Å². The van der Waals surface area contributed by atoms with Crippen molar-refractivity contribution in [3.63, 3.8) is 0 Å². The molecule has 5 heteroatoms. The highest BCUT2D eigenvalue weighted by Gasteiger charge is 2.42. The van der Waals surface area contributed by atoms with Crippen molar-refractivity contribution in [1.29, 1.82) is 0 Å². The first-order chi connectivity index (χ1) is 8.51. The lowest BCUT2D eigenvalue weighted by molar-refractivity contribution is -0.123. The van der Waals surface area contributed by atoms with Gasteiger partial charge in [-0.05, 0) is 45.6 Å². The maximum Gasteiger partial charge on any atom is 0.237 e. The smallest absolute Gasteiger partial charge is 0.237 e. The van der Waals surface area contributed by atoms with E-state index >= 15 is 0 Å². The summed E-state index contributed by atoms with van der Waals surface area (Å²) >= 11 is 0. The SMILES string of the molecule is CN(CC1CCCCO1)C1CCC(N)(C(N)=O)C1. The van der Waals surface area contributed by atoms with Gasteiger partial charge in [0.15, 0.2) is 0 Å². The number of nitrogens with zero attached hydrogens (tertiary/aromatic N) is 1. The number of nitrogens with two attached hydrogens (primary N) is 2. The van der Waals surface area contributed by atoms with Crippen LogP contribution in [0.1, 0.15) is 38.5 Å². The minimum atomic E-state index is -0.799. The predicted octanol–water partition coefficient (Wildman–Crippen LogP) is 0.223. The van der Waals surface area contributed by atoms with Gasteiger partial charge in [0.2, 0.25) is 5.91 Å². The summed E-state index contributed by atoms with van der Waals surface area (Å²) in [5.74, 6) is -0.368. The van der Waals surface area contributed by atoms with Crippen molar-refractivity contribution in [3.8, 4) is 0 Å². The average Bonchev–Trinajstić information content (AvgIpc) is 2.75. The number of carbonyl (C=O) groups excluding carboxylic acids is 1. The predicted molar refractivity (Wildman–Crippen MR) is 70.0 cm³/mol. The van der Waals surface area contributed by atoms with E-state index < -0.39 is 5.54 Å².